The Balaban J connectivity index is 2.07. The van der Waals surface area contributed by atoms with E-state index in [1.54, 1.807) is 11.1 Å². The fraction of sp³-hybridized carbons (Fsp3) is 0.600. The summed E-state index contributed by atoms with van der Waals surface area (Å²) in [6.45, 7) is 5.97. The molecule has 120 valence electrons. The van der Waals surface area contributed by atoms with Crippen molar-refractivity contribution >= 4 is 6.08 Å². The molecular weight excluding hydrogens is 268 g/mol. The maximum Gasteiger partial charge on any atom is 0.0424 e. The Morgan fingerprint density at radius 3 is 2.86 bits per heavy atom. The van der Waals surface area contributed by atoms with Gasteiger partial charge in [-0.05, 0) is 75.4 Å². The highest BCUT2D eigenvalue weighted by molar-refractivity contribution is 5.62. The summed E-state index contributed by atoms with van der Waals surface area (Å²) in [5.74, 6) is 0.557. The second-order valence-electron chi connectivity index (χ2n) is 7.53. The average molecular weight is 298 g/mol. The molecule has 0 fully saturated rings. The van der Waals surface area contributed by atoms with Gasteiger partial charge >= 0.3 is 0 Å². The Kier molecular flexibility index (Phi) is 4.31. The third-order valence-electron chi connectivity index (χ3n) is 5.54. The largest absolute Gasteiger partial charge is 0.358 e. The smallest absolute Gasteiger partial charge is 0.0424 e. The number of aryl methyl sites for hydroxylation is 1. The quantitative estimate of drug-likeness (QED) is 0.858. The number of nitrogens with zero attached hydrogens (tertiary/aromatic N) is 1. The lowest BCUT2D eigenvalue weighted by atomic mass is 9.68. The van der Waals surface area contributed by atoms with Gasteiger partial charge in [0.1, 0.15) is 0 Å². The Hall–Kier alpha value is -1.28. The van der Waals surface area contributed by atoms with E-state index in [0.717, 1.165) is 0 Å². The molecule has 1 N–H and O–H groups in total. The fourth-order valence-corrected chi connectivity index (χ4v) is 4.27. The first kappa shape index (κ1) is 15.6. The van der Waals surface area contributed by atoms with Crippen molar-refractivity contribution in [3.63, 3.8) is 0 Å². The maximum atomic E-state index is 3.76. The summed E-state index contributed by atoms with van der Waals surface area (Å²) in [4.78, 5) is 6.08. The van der Waals surface area contributed by atoms with E-state index in [1.807, 2.05) is 0 Å². The van der Waals surface area contributed by atoms with Crippen molar-refractivity contribution in [2.45, 2.75) is 57.3 Å². The van der Waals surface area contributed by atoms with E-state index < -0.39 is 0 Å². The van der Waals surface area contributed by atoms with Gasteiger partial charge in [-0.1, -0.05) is 32.1 Å². The number of allylic oxidation sites excluding steroid dienone is 3. The van der Waals surface area contributed by atoms with E-state index in [0.29, 0.717) is 11.3 Å². The molecule has 2 aliphatic rings. The van der Waals surface area contributed by atoms with Crippen molar-refractivity contribution in [3.8, 4) is 0 Å². The van der Waals surface area contributed by atoms with Gasteiger partial charge < -0.3 is 9.88 Å². The summed E-state index contributed by atoms with van der Waals surface area (Å²) in [5.41, 5.74) is 6.43. The van der Waals surface area contributed by atoms with Crippen LogP contribution in [-0.2, 0) is 11.8 Å². The molecule has 1 heterocycles. The SMILES string of the molecule is CCC1C=CC=Cc2[nH]c3c(c21)C(C)(CCN(C)C)CCC3. The number of aromatic amines is 1. The first-order chi connectivity index (χ1) is 10.5. The molecule has 2 atom stereocenters. The summed E-state index contributed by atoms with van der Waals surface area (Å²) in [5, 5.41) is 0. The highest BCUT2D eigenvalue weighted by Crippen LogP contribution is 2.46. The molecule has 0 amide bonds. The van der Waals surface area contributed by atoms with Crippen molar-refractivity contribution in [2.75, 3.05) is 20.6 Å². The molecule has 0 radical (unpaired) electrons. The topological polar surface area (TPSA) is 19.0 Å². The number of hydrogen-bond donors (Lipinski definition) is 1. The van der Waals surface area contributed by atoms with Gasteiger partial charge in [-0.15, -0.1) is 0 Å². The zero-order valence-electron chi connectivity index (χ0n) is 14.6. The van der Waals surface area contributed by atoms with Crippen molar-refractivity contribution in [2.24, 2.45) is 0 Å². The molecule has 0 aliphatic heterocycles. The molecule has 2 heteroatoms. The number of fused-ring (bicyclic) bond motifs is 3. The van der Waals surface area contributed by atoms with E-state index in [9.17, 15) is 0 Å². The van der Waals surface area contributed by atoms with Crippen LogP contribution in [0.15, 0.2) is 18.2 Å². The summed E-state index contributed by atoms with van der Waals surface area (Å²) in [6.07, 6.45) is 15.3. The van der Waals surface area contributed by atoms with Gasteiger partial charge in [-0.2, -0.15) is 0 Å². The maximum absolute atomic E-state index is 3.76. The molecule has 3 rings (SSSR count). The number of rotatable bonds is 4. The Morgan fingerprint density at radius 2 is 2.14 bits per heavy atom. The van der Waals surface area contributed by atoms with Gasteiger partial charge in [-0.3, -0.25) is 0 Å². The summed E-state index contributed by atoms with van der Waals surface area (Å²) in [6, 6.07) is 0. The number of H-pyrrole nitrogens is 1. The molecule has 1 aromatic heterocycles. The van der Waals surface area contributed by atoms with Crippen LogP contribution in [-0.4, -0.2) is 30.5 Å². The van der Waals surface area contributed by atoms with Crippen molar-refractivity contribution < 1.29 is 0 Å². The minimum absolute atomic E-state index is 0.321. The fourth-order valence-electron chi connectivity index (χ4n) is 4.27. The second-order valence-corrected chi connectivity index (χ2v) is 7.53. The normalized spacial score (nSPS) is 26.9. The highest BCUT2D eigenvalue weighted by atomic mass is 15.0. The molecule has 0 spiro atoms. The van der Waals surface area contributed by atoms with Crippen LogP contribution >= 0.6 is 0 Å². The van der Waals surface area contributed by atoms with Crippen LogP contribution in [0.5, 0.6) is 0 Å². The first-order valence-corrected chi connectivity index (χ1v) is 8.80. The zero-order valence-corrected chi connectivity index (χ0v) is 14.6. The van der Waals surface area contributed by atoms with Crippen LogP contribution < -0.4 is 0 Å². The van der Waals surface area contributed by atoms with Gasteiger partial charge in [-0.25, -0.2) is 0 Å². The number of aromatic nitrogens is 1. The standard InChI is InChI=1S/C20H30N2/c1-5-15-9-6-7-10-16-18(15)19-17(21-16)11-8-12-20(19,2)13-14-22(3)4/h6-7,9-10,15,21H,5,8,11-14H2,1-4H3. The van der Waals surface area contributed by atoms with Crippen LogP contribution in [0, 0.1) is 0 Å². The van der Waals surface area contributed by atoms with Gasteiger partial charge in [0.25, 0.3) is 0 Å². The molecule has 2 unspecified atom stereocenters. The van der Waals surface area contributed by atoms with Crippen LogP contribution in [0.1, 0.15) is 68.0 Å². The van der Waals surface area contributed by atoms with E-state index in [1.165, 1.54) is 50.0 Å². The lowest BCUT2D eigenvalue weighted by Gasteiger charge is -2.37. The molecule has 2 aliphatic carbocycles. The predicted molar refractivity (Wildman–Crippen MR) is 95.5 cm³/mol. The van der Waals surface area contributed by atoms with Crippen LogP contribution in [0.25, 0.3) is 6.08 Å². The zero-order chi connectivity index (χ0) is 15.7. The molecule has 0 aromatic carbocycles. The highest BCUT2D eigenvalue weighted by Gasteiger charge is 2.37. The molecule has 1 aromatic rings. The molecule has 0 saturated carbocycles. The van der Waals surface area contributed by atoms with Crippen molar-refractivity contribution in [1.82, 2.24) is 9.88 Å². The average Bonchev–Trinajstić information content (AvgIpc) is 2.75. The first-order valence-electron chi connectivity index (χ1n) is 8.80. The van der Waals surface area contributed by atoms with Gasteiger partial charge in [0.2, 0.25) is 0 Å². The monoisotopic (exact) mass is 298 g/mol. The number of nitrogens with one attached hydrogen (secondary N) is 1. The third-order valence-corrected chi connectivity index (χ3v) is 5.54. The van der Waals surface area contributed by atoms with E-state index in [4.69, 9.17) is 0 Å². The van der Waals surface area contributed by atoms with Crippen LogP contribution in [0.2, 0.25) is 0 Å². The summed E-state index contributed by atoms with van der Waals surface area (Å²) in [7, 11) is 4.37. The third kappa shape index (κ3) is 2.69. The second kappa shape index (κ2) is 6.08. The lowest BCUT2D eigenvalue weighted by Crippen LogP contribution is -2.32. The molecule has 22 heavy (non-hydrogen) atoms. The van der Waals surface area contributed by atoms with E-state index in [-0.39, 0.29) is 0 Å². The Bertz CT molecular complexity index is 591. The van der Waals surface area contributed by atoms with Gasteiger partial charge in [0.15, 0.2) is 0 Å². The molecular formula is C20H30N2. The minimum atomic E-state index is 0.321. The van der Waals surface area contributed by atoms with Crippen molar-refractivity contribution in [3.05, 3.63) is 40.7 Å². The van der Waals surface area contributed by atoms with Gasteiger partial charge in [0, 0.05) is 17.3 Å². The predicted octanol–water partition coefficient (Wildman–Crippen LogP) is 4.64. The molecule has 2 nitrogen and oxygen atoms in total. The van der Waals surface area contributed by atoms with E-state index in [2.05, 4.69) is 62.1 Å². The van der Waals surface area contributed by atoms with Crippen LogP contribution in [0.3, 0.4) is 0 Å². The Morgan fingerprint density at radius 1 is 1.32 bits per heavy atom. The van der Waals surface area contributed by atoms with Crippen molar-refractivity contribution in [1.29, 1.82) is 0 Å². The summed E-state index contributed by atoms with van der Waals surface area (Å²) >= 11 is 0. The van der Waals surface area contributed by atoms with Gasteiger partial charge in [0.05, 0.1) is 0 Å². The van der Waals surface area contributed by atoms with E-state index >= 15 is 0 Å². The van der Waals surface area contributed by atoms with Crippen LogP contribution in [0.4, 0.5) is 0 Å². The summed E-state index contributed by atoms with van der Waals surface area (Å²) < 4.78 is 0. The Labute approximate surface area is 135 Å². The minimum Gasteiger partial charge on any atom is -0.358 e. The number of hydrogen-bond acceptors (Lipinski definition) is 1. The molecule has 0 saturated heterocycles. The molecule has 0 bridgehead atoms. The lowest BCUT2D eigenvalue weighted by molar-refractivity contribution is 0.298.